The minimum atomic E-state index is -0.507. The summed E-state index contributed by atoms with van der Waals surface area (Å²) in [4.78, 5) is 25.9. The van der Waals surface area contributed by atoms with Crippen molar-refractivity contribution in [3.63, 3.8) is 0 Å². The first-order valence-corrected chi connectivity index (χ1v) is 8.94. The third-order valence-corrected chi connectivity index (χ3v) is 4.08. The minimum Gasteiger partial charge on any atom is -0.444 e. The van der Waals surface area contributed by atoms with Gasteiger partial charge in [-0.1, -0.05) is 12.1 Å². The summed E-state index contributed by atoms with van der Waals surface area (Å²) in [6.45, 7) is 7.68. The number of benzene rings is 1. The molecule has 0 aliphatic carbocycles. The van der Waals surface area contributed by atoms with Crippen LogP contribution in [0.15, 0.2) is 24.3 Å². The maximum Gasteiger partial charge on any atom is 0.407 e. The summed E-state index contributed by atoms with van der Waals surface area (Å²) in [5.41, 5.74) is 0.355. The van der Waals surface area contributed by atoms with Gasteiger partial charge in [0.25, 0.3) is 0 Å². The van der Waals surface area contributed by atoms with Gasteiger partial charge < -0.3 is 15.4 Å². The predicted octanol–water partition coefficient (Wildman–Crippen LogP) is 2.43. The Morgan fingerprint density at radius 2 is 1.81 bits per heavy atom. The number of nitrogens with zero attached hydrogens (tertiary/aromatic N) is 1. The number of nitrogens with one attached hydrogen (secondary N) is 2. The second-order valence-electron chi connectivity index (χ2n) is 7.60. The Kier molecular flexibility index (Phi) is 6.97. The molecule has 26 heavy (non-hydrogen) atoms. The van der Waals surface area contributed by atoms with E-state index in [0.717, 1.165) is 31.5 Å². The summed E-state index contributed by atoms with van der Waals surface area (Å²) < 4.78 is 18.1. The van der Waals surface area contributed by atoms with Gasteiger partial charge in [0.1, 0.15) is 11.4 Å². The highest BCUT2D eigenvalue weighted by molar-refractivity contribution is 5.78. The van der Waals surface area contributed by atoms with Crippen LogP contribution in [0.3, 0.4) is 0 Å². The second-order valence-corrected chi connectivity index (χ2v) is 7.60. The van der Waals surface area contributed by atoms with E-state index in [9.17, 15) is 14.0 Å². The fourth-order valence-electron chi connectivity index (χ4n) is 2.77. The molecule has 0 spiro atoms. The molecule has 1 aromatic rings. The Labute approximate surface area is 154 Å². The lowest BCUT2D eigenvalue weighted by atomic mass is 10.1. The van der Waals surface area contributed by atoms with Gasteiger partial charge in [-0.25, -0.2) is 9.18 Å². The molecule has 0 bridgehead atoms. The number of carbonyl (C=O) groups excluding carboxylic acids is 2. The Morgan fingerprint density at radius 3 is 2.38 bits per heavy atom. The third-order valence-electron chi connectivity index (χ3n) is 4.08. The molecule has 1 heterocycles. The summed E-state index contributed by atoms with van der Waals surface area (Å²) in [5.74, 6) is -0.351. The van der Waals surface area contributed by atoms with Crippen LogP contribution in [0.25, 0.3) is 0 Å². The predicted molar refractivity (Wildman–Crippen MR) is 97.1 cm³/mol. The van der Waals surface area contributed by atoms with E-state index in [0.29, 0.717) is 13.1 Å². The lowest BCUT2D eigenvalue weighted by molar-refractivity contribution is -0.122. The van der Waals surface area contributed by atoms with Crippen molar-refractivity contribution >= 4 is 12.0 Å². The number of halogens is 1. The third kappa shape index (κ3) is 7.39. The molecule has 0 saturated carbocycles. The van der Waals surface area contributed by atoms with Gasteiger partial charge >= 0.3 is 6.09 Å². The SMILES string of the molecule is CC(C)(C)OC(=O)NC1CCN(CC(=O)NCc2ccc(F)cc2)CC1. The molecule has 1 aliphatic heterocycles. The molecule has 1 aliphatic rings. The van der Waals surface area contributed by atoms with Crippen LogP contribution in [-0.4, -0.2) is 48.2 Å². The smallest absolute Gasteiger partial charge is 0.407 e. The zero-order chi connectivity index (χ0) is 19.2. The lowest BCUT2D eigenvalue weighted by Gasteiger charge is -2.32. The van der Waals surface area contributed by atoms with Crippen LogP contribution in [0.5, 0.6) is 0 Å². The topological polar surface area (TPSA) is 70.7 Å². The number of likely N-dealkylation sites (tertiary alicyclic amines) is 1. The van der Waals surface area contributed by atoms with Gasteiger partial charge in [0, 0.05) is 25.7 Å². The molecular weight excluding hydrogens is 337 g/mol. The van der Waals surface area contributed by atoms with E-state index >= 15 is 0 Å². The molecule has 1 aromatic carbocycles. The van der Waals surface area contributed by atoms with Crippen LogP contribution in [0, 0.1) is 5.82 Å². The van der Waals surface area contributed by atoms with E-state index in [1.165, 1.54) is 12.1 Å². The van der Waals surface area contributed by atoms with Crippen molar-refractivity contribution < 1.29 is 18.7 Å². The highest BCUT2D eigenvalue weighted by atomic mass is 19.1. The monoisotopic (exact) mass is 365 g/mol. The average molecular weight is 365 g/mol. The number of hydrogen-bond acceptors (Lipinski definition) is 4. The fourth-order valence-corrected chi connectivity index (χ4v) is 2.77. The normalized spacial score (nSPS) is 16.2. The van der Waals surface area contributed by atoms with Gasteiger partial charge in [0.15, 0.2) is 0 Å². The molecule has 0 atom stereocenters. The Hall–Kier alpha value is -2.15. The second kappa shape index (κ2) is 8.98. The number of piperidine rings is 1. The quantitative estimate of drug-likeness (QED) is 0.841. The van der Waals surface area contributed by atoms with Gasteiger partial charge in [-0.3, -0.25) is 9.69 Å². The zero-order valence-corrected chi connectivity index (χ0v) is 15.7. The maximum absolute atomic E-state index is 12.9. The van der Waals surface area contributed by atoms with Crippen LogP contribution >= 0.6 is 0 Å². The van der Waals surface area contributed by atoms with Crippen LogP contribution in [0.2, 0.25) is 0 Å². The fraction of sp³-hybridized carbons (Fsp3) is 0.579. The summed E-state index contributed by atoms with van der Waals surface area (Å²) in [6.07, 6.45) is 1.17. The van der Waals surface area contributed by atoms with Crippen LogP contribution in [-0.2, 0) is 16.1 Å². The highest BCUT2D eigenvalue weighted by Crippen LogP contribution is 2.12. The number of amides is 2. The first kappa shape index (κ1) is 20.2. The van der Waals surface area contributed by atoms with Crippen LogP contribution in [0.4, 0.5) is 9.18 Å². The van der Waals surface area contributed by atoms with Crippen molar-refractivity contribution in [2.45, 2.75) is 51.8 Å². The summed E-state index contributed by atoms with van der Waals surface area (Å²) >= 11 is 0. The molecule has 2 amide bonds. The molecule has 0 aromatic heterocycles. The van der Waals surface area contributed by atoms with Crippen molar-refractivity contribution in [3.8, 4) is 0 Å². The number of ether oxygens (including phenoxy) is 1. The number of carbonyl (C=O) groups is 2. The molecule has 2 N–H and O–H groups in total. The van der Waals surface area contributed by atoms with Gasteiger partial charge in [-0.15, -0.1) is 0 Å². The molecule has 1 fully saturated rings. The van der Waals surface area contributed by atoms with Crippen molar-refractivity contribution in [2.75, 3.05) is 19.6 Å². The Balaban J connectivity index is 1.65. The molecule has 0 unspecified atom stereocenters. The Morgan fingerprint density at radius 1 is 1.19 bits per heavy atom. The molecule has 2 rings (SSSR count). The van der Waals surface area contributed by atoms with Gasteiger partial charge in [0.05, 0.1) is 6.54 Å². The molecule has 7 heteroatoms. The number of alkyl carbamates (subject to hydrolysis) is 1. The lowest BCUT2D eigenvalue weighted by Crippen LogP contribution is -2.48. The minimum absolute atomic E-state index is 0.0622. The molecule has 1 saturated heterocycles. The Bertz CT molecular complexity index is 605. The first-order chi connectivity index (χ1) is 12.2. The van der Waals surface area contributed by atoms with Crippen molar-refractivity contribution in [1.82, 2.24) is 15.5 Å². The first-order valence-electron chi connectivity index (χ1n) is 8.94. The van der Waals surface area contributed by atoms with E-state index in [-0.39, 0.29) is 17.8 Å². The highest BCUT2D eigenvalue weighted by Gasteiger charge is 2.24. The standard InChI is InChI=1S/C19H28FN3O3/c1-19(2,3)26-18(25)22-16-8-10-23(11-9-16)13-17(24)21-12-14-4-6-15(20)7-5-14/h4-7,16H,8-13H2,1-3H3,(H,21,24)(H,22,25). The summed E-state index contributed by atoms with van der Waals surface area (Å²) in [7, 11) is 0. The average Bonchev–Trinajstić information content (AvgIpc) is 2.54. The van der Waals surface area contributed by atoms with E-state index in [2.05, 4.69) is 15.5 Å². The van der Waals surface area contributed by atoms with Gasteiger partial charge in [-0.05, 0) is 51.3 Å². The van der Waals surface area contributed by atoms with Crippen molar-refractivity contribution in [1.29, 1.82) is 0 Å². The van der Waals surface area contributed by atoms with Crippen LogP contribution in [0.1, 0.15) is 39.2 Å². The molecule has 0 radical (unpaired) electrons. The summed E-state index contributed by atoms with van der Waals surface area (Å²) in [6, 6.07) is 6.14. The summed E-state index contributed by atoms with van der Waals surface area (Å²) in [5, 5.41) is 5.72. The largest absolute Gasteiger partial charge is 0.444 e. The maximum atomic E-state index is 12.9. The van der Waals surface area contributed by atoms with Crippen molar-refractivity contribution in [3.05, 3.63) is 35.6 Å². The van der Waals surface area contributed by atoms with Gasteiger partial charge in [0.2, 0.25) is 5.91 Å². The van der Waals surface area contributed by atoms with E-state index in [4.69, 9.17) is 4.74 Å². The van der Waals surface area contributed by atoms with Crippen molar-refractivity contribution in [2.24, 2.45) is 0 Å². The zero-order valence-electron chi connectivity index (χ0n) is 15.7. The van der Waals surface area contributed by atoms with E-state index in [1.807, 2.05) is 20.8 Å². The van der Waals surface area contributed by atoms with E-state index < -0.39 is 11.7 Å². The number of hydrogen-bond donors (Lipinski definition) is 2. The molecule has 144 valence electrons. The molecular formula is C19H28FN3O3. The van der Waals surface area contributed by atoms with Crippen LogP contribution < -0.4 is 10.6 Å². The van der Waals surface area contributed by atoms with E-state index in [1.54, 1.807) is 12.1 Å². The number of rotatable bonds is 5. The van der Waals surface area contributed by atoms with Gasteiger partial charge in [-0.2, -0.15) is 0 Å². The molecule has 6 nitrogen and oxygen atoms in total.